The van der Waals surface area contributed by atoms with Crippen LogP contribution in [0.4, 0.5) is 4.39 Å². The number of hydrogen-bond donors (Lipinski definition) is 2. The number of rotatable bonds is 11. The van der Waals surface area contributed by atoms with E-state index in [1.807, 2.05) is 5.38 Å². The number of aliphatic carboxylic acids is 1. The van der Waals surface area contributed by atoms with Gasteiger partial charge in [0.05, 0.1) is 24.9 Å². The second-order valence-electron chi connectivity index (χ2n) is 8.99. The molecule has 2 N–H and O–H groups in total. The van der Waals surface area contributed by atoms with E-state index in [9.17, 15) is 14.0 Å². The fraction of sp³-hybridized carbons (Fsp3) is 0.462. The number of hydrogen-bond acceptors (Lipinski definition) is 9. The molecule has 0 radical (unpaired) electrons. The van der Waals surface area contributed by atoms with Crippen molar-refractivity contribution in [3.8, 4) is 0 Å². The van der Waals surface area contributed by atoms with Crippen LogP contribution >= 0.6 is 27.3 Å². The van der Waals surface area contributed by atoms with Crippen molar-refractivity contribution in [2.45, 2.75) is 44.8 Å². The van der Waals surface area contributed by atoms with Gasteiger partial charge in [-0.05, 0) is 37.5 Å². The van der Waals surface area contributed by atoms with E-state index in [-0.39, 0.29) is 19.1 Å². The van der Waals surface area contributed by atoms with Crippen LogP contribution < -0.4 is 5.32 Å². The summed E-state index contributed by atoms with van der Waals surface area (Å²) >= 11 is 4.88. The van der Waals surface area contributed by atoms with Crippen LogP contribution in [0.3, 0.4) is 0 Å². The van der Waals surface area contributed by atoms with Crippen LogP contribution in [0.5, 0.6) is 0 Å². The molecule has 0 amide bonds. The zero-order chi connectivity index (χ0) is 27.1. The molecule has 0 spiro atoms. The second-order valence-corrected chi connectivity index (χ2v) is 10.7. The number of carbonyl (C=O) groups excluding carboxylic acids is 1. The van der Waals surface area contributed by atoms with Crippen molar-refractivity contribution in [3.05, 3.63) is 61.9 Å². The number of morpholine rings is 1. The van der Waals surface area contributed by atoms with Crippen LogP contribution in [0.15, 0.2) is 50.5 Å². The molecular weight excluding hydrogens is 579 g/mol. The Morgan fingerprint density at radius 3 is 2.92 bits per heavy atom. The maximum absolute atomic E-state index is 13.9. The van der Waals surface area contributed by atoms with Gasteiger partial charge in [-0.3, -0.25) is 14.7 Å². The molecule has 1 aromatic carbocycles. The number of amidine groups is 1. The average Bonchev–Trinajstić information content (AvgIpc) is 3.42. The van der Waals surface area contributed by atoms with Gasteiger partial charge >= 0.3 is 11.9 Å². The number of esters is 1. The first kappa shape index (κ1) is 28.3. The highest BCUT2D eigenvalue weighted by atomic mass is 79.9. The summed E-state index contributed by atoms with van der Waals surface area (Å²) in [5, 5.41) is 14.7. The highest BCUT2D eigenvalue weighted by molar-refractivity contribution is 9.10. The van der Waals surface area contributed by atoms with Crippen molar-refractivity contribution in [3.63, 3.8) is 0 Å². The molecule has 2 aromatic rings. The minimum Gasteiger partial charge on any atom is -0.481 e. The third-order valence-electron chi connectivity index (χ3n) is 6.28. The van der Waals surface area contributed by atoms with Crippen LogP contribution in [-0.2, 0) is 19.1 Å². The van der Waals surface area contributed by atoms with Crippen molar-refractivity contribution < 1.29 is 28.6 Å². The van der Waals surface area contributed by atoms with Gasteiger partial charge in [-0.2, -0.15) is 0 Å². The van der Waals surface area contributed by atoms with E-state index in [0.717, 1.165) is 12.8 Å². The van der Waals surface area contributed by atoms with Crippen molar-refractivity contribution in [2.24, 2.45) is 4.99 Å². The quantitative estimate of drug-likeness (QED) is 0.287. The highest BCUT2D eigenvalue weighted by Gasteiger charge is 2.35. The largest absolute Gasteiger partial charge is 0.481 e. The maximum Gasteiger partial charge on any atom is 0.338 e. The normalized spacial score (nSPS) is 20.1. The van der Waals surface area contributed by atoms with E-state index in [0.29, 0.717) is 64.8 Å². The molecule has 4 rings (SSSR count). The Labute approximate surface area is 232 Å². The summed E-state index contributed by atoms with van der Waals surface area (Å²) < 4.78 is 25.8. The third kappa shape index (κ3) is 7.25. The fourth-order valence-corrected chi connectivity index (χ4v) is 5.69. The van der Waals surface area contributed by atoms with E-state index in [2.05, 4.69) is 31.1 Å². The molecule has 1 unspecified atom stereocenters. The molecule has 1 saturated heterocycles. The third-order valence-corrected chi connectivity index (χ3v) is 7.75. The molecule has 2 aliphatic rings. The minimum atomic E-state index is -0.793. The van der Waals surface area contributed by atoms with Crippen molar-refractivity contribution in [2.75, 3.05) is 32.8 Å². The lowest BCUT2D eigenvalue weighted by molar-refractivity contribution is -0.139. The Balaban J connectivity index is 1.63. The molecule has 12 heteroatoms. The van der Waals surface area contributed by atoms with Gasteiger partial charge in [-0.15, -0.1) is 11.3 Å². The standard InChI is InChI=1S/C26H30BrFN4O5S/c1-2-36-26(35)22-20(15-32-10-11-37-17(14-32)5-3-4-6-21(33)34)30-24(25-29-9-12-38-25)31-23(22)18-8-7-16(28)13-19(18)27/h7-9,12-13,17,23H,2-6,10-11,14-15H2,1H3,(H,30,31)(H,33,34)/t17?,23-/m0/s1. The first-order valence-corrected chi connectivity index (χ1v) is 14.2. The summed E-state index contributed by atoms with van der Waals surface area (Å²) in [5.74, 6) is -1.15. The van der Waals surface area contributed by atoms with E-state index in [4.69, 9.17) is 19.6 Å². The van der Waals surface area contributed by atoms with Crippen LogP contribution in [0, 0.1) is 5.82 Å². The van der Waals surface area contributed by atoms with E-state index in [1.54, 1.807) is 19.2 Å². The monoisotopic (exact) mass is 608 g/mol. The number of benzene rings is 1. The van der Waals surface area contributed by atoms with Crippen molar-refractivity contribution in [1.29, 1.82) is 0 Å². The summed E-state index contributed by atoms with van der Waals surface area (Å²) in [4.78, 5) is 35.6. The molecule has 38 heavy (non-hydrogen) atoms. The number of ether oxygens (including phenoxy) is 2. The summed E-state index contributed by atoms with van der Waals surface area (Å²) in [6.45, 7) is 4.21. The first-order chi connectivity index (χ1) is 18.4. The smallest absolute Gasteiger partial charge is 0.338 e. The summed E-state index contributed by atoms with van der Waals surface area (Å²) in [6, 6.07) is 3.60. The van der Waals surface area contributed by atoms with E-state index >= 15 is 0 Å². The van der Waals surface area contributed by atoms with Crippen LogP contribution in [-0.4, -0.2) is 71.7 Å². The van der Waals surface area contributed by atoms with Gasteiger partial charge in [0.2, 0.25) is 0 Å². The Morgan fingerprint density at radius 1 is 1.37 bits per heavy atom. The molecule has 3 heterocycles. The Hall–Kier alpha value is -2.67. The molecule has 1 fully saturated rings. The maximum atomic E-state index is 13.9. The molecule has 0 bridgehead atoms. The molecule has 0 aliphatic carbocycles. The number of aliphatic imine (C=N–C) groups is 1. The van der Waals surface area contributed by atoms with Gasteiger partial charge < -0.3 is 19.9 Å². The van der Waals surface area contributed by atoms with Gasteiger partial charge in [0, 0.05) is 47.8 Å². The molecular formula is C26H30BrFN4O5S. The molecule has 2 aliphatic heterocycles. The first-order valence-electron chi connectivity index (χ1n) is 12.5. The number of nitrogens with one attached hydrogen (secondary N) is 1. The average molecular weight is 610 g/mol. The number of carboxylic acid groups (broad SMARTS) is 1. The van der Waals surface area contributed by atoms with Crippen molar-refractivity contribution >= 4 is 45.0 Å². The number of thiazole rings is 1. The lowest BCUT2D eigenvalue weighted by Gasteiger charge is -2.35. The highest BCUT2D eigenvalue weighted by Crippen LogP contribution is 2.37. The number of aromatic nitrogens is 1. The molecule has 1 aromatic heterocycles. The number of unbranched alkanes of at least 4 members (excludes halogenated alkanes) is 1. The number of carbonyl (C=O) groups is 2. The van der Waals surface area contributed by atoms with Crippen LogP contribution in [0.1, 0.15) is 49.2 Å². The van der Waals surface area contributed by atoms with Gasteiger partial charge in [0.25, 0.3) is 0 Å². The summed E-state index contributed by atoms with van der Waals surface area (Å²) in [6.07, 6.45) is 3.95. The molecule has 0 saturated carbocycles. The van der Waals surface area contributed by atoms with E-state index in [1.165, 1.54) is 23.5 Å². The topological polar surface area (TPSA) is 113 Å². The number of nitrogens with zero attached hydrogens (tertiary/aromatic N) is 3. The minimum absolute atomic E-state index is 0.0260. The predicted molar refractivity (Wildman–Crippen MR) is 145 cm³/mol. The van der Waals surface area contributed by atoms with Crippen molar-refractivity contribution in [1.82, 2.24) is 15.2 Å². The fourth-order valence-electron chi connectivity index (χ4n) is 4.54. The molecule has 2 atom stereocenters. The molecule has 9 nitrogen and oxygen atoms in total. The SMILES string of the molecule is CCOC(=O)C1=C(CN2CCOC(CCCCC(=O)O)C2)NC(c2nccs2)=N[C@H]1c1ccc(F)cc1Br. The van der Waals surface area contributed by atoms with Gasteiger partial charge in [-0.25, -0.2) is 14.2 Å². The van der Waals surface area contributed by atoms with Crippen LogP contribution in [0.25, 0.3) is 0 Å². The lowest BCUT2D eigenvalue weighted by Crippen LogP contribution is -2.46. The zero-order valence-electron chi connectivity index (χ0n) is 21.0. The predicted octanol–water partition coefficient (Wildman–Crippen LogP) is 4.30. The molecule has 204 valence electrons. The number of carboxylic acids is 1. The summed E-state index contributed by atoms with van der Waals surface area (Å²) in [5.41, 5.74) is 1.65. The van der Waals surface area contributed by atoms with Gasteiger partial charge in [-0.1, -0.05) is 28.4 Å². The Morgan fingerprint density at radius 2 is 2.21 bits per heavy atom. The lowest BCUT2D eigenvalue weighted by atomic mass is 9.95. The Bertz CT molecular complexity index is 1210. The van der Waals surface area contributed by atoms with E-state index < -0.39 is 23.8 Å². The van der Waals surface area contributed by atoms with Crippen LogP contribution in [0.2, 0.25) is 0 Å². The Kier molecular flexibility index (Phi) is 10.0. The van der Waals surface area contributed by atoms with Gasteiger partial charge in [0.1, 0.15) is 11.9 Å². The van der Waals surface area contributed by atoms with Gasteiger partial charge in [0.15, 0.2) is 10.8 Å². The second kappa shape index (κ2) is 13.4. The number of halogens is 2. The summed E-state index contributed by atoms with van der Waals surface area (Å²) in [7, 11) is 0. The zero-order valence-corrected chi connectivity index (χ0v) is 23.4.